The third kappa shape index (κ3) is 4.39. The molecule has 1 aromatic heterocycles. The third-order valence-corrected chi connectivity index (χ3v) is 7.48. The average molecular weight is 506 g/mol. The maximum absolute atomic E-state index is 13.6. The summed E-state index contributed by atoms with van der Waals surface area (Å²) in [5.74, 6) is -0.281. The quantitative estimate of drug-likeness (QED) is 0.351. The normalized spacial score (nSPS) is 20.2. The Morgan fingerprint density at radius 2 is 1.92 bits per heavy atom. The molecule has 2 aromatic carbocycles. The highest BCUT2D eigenvalue weighted by molar-refractivity contribution is 7.11. The van der Waals surface area contributed by atoms with E-state index in [1.807, 2.05) is 6.08 Å². The monoisotopic (exact) mass is 505 g/mol. The number of thiazole rings is 1. The van der Waals surface area contributed by atoms with E-state index < -0.39 is 4.92 Å². The molecule has 3 aromatic rings. The fourth-order valence-electron chi connectivity index (χ4n) is 4.81. The first-order valence-electron chi connectivity index (χ1n) is 11.4. The Hall–Kier alpha value is -3.93. The van der Waals surface area contributed by atoms with Crippen LogP contribution in [0.3, 0.4) is 0 Å². The number of aryl methyl sites for hydroxylation is 1. The lowest BCUT2D eigenvalue weighted by Gasteiger charge is -2.29. The van der Waals surface area contributed by atoms with E-state index in [0.717, 1.165) is 41.7 Å². The SMILES string of the molecule is Cc1ncsc1C(=O)N1N=C2C(=Cc3ccc([N+](=O)[O-])cc3)CCCC2C1c1ccc(N(O)O)cc1. The number of nitro benzene ring substituents is 1. The molecule has 11 heteroatoms. The number of nitro groups is 1. The molecule has 5 rings (SSSR count). The molecular formula is C25H23N5O5S. The van der Waals surface area contributed by atoms with Crippen molar-refractivity contribution in [3.63, 3.8) is 0 Å². The summed E-state index contributed by atoms with van der Waals surface area (Å²) >= 11 is 1.27. The molecule has 2 N–H and O–H groups in total. The van der Waals surface area contributed by atoms with Gasteiger partial charge >= 0.3 is 0 Å². The number of rotatable bonds is 5. The van der Waals surface area contributed by atoms with Crippen molar-refractivity contribution in [3.8, 4) is 0 Å². The Bertz CT molecular complexity index is 1360. The second kappa shape index (κ2) is 9.61. The van der Waals surface area contributed by atoms with Gasteiger partial charge in [-0.25, -0.2) is 9.99 Å². The lowest BCUT2D eigenvalue weighted by Crippen LogP contribution is -2.31. The van der Waals surface area contributed by atoms with Gasteiger partial charge < -0.3 is 0 Å². The fourth-order valence-corrected chi connectivity index (χ4v) is 5.54. The molecule has 1 saturated carbocycles. The highest BCUT2D eigenvalue weighted by atomic mass is 32.1. The standard InChI is InChI=1S/C25H23N5O5S/c1-15-24(36-14-26-15)25(31)28-23(17-7-11-20(12-8-17)30(34)35)21-4-2-3-18(22(21)27-28)13-16-5-9-19(10-6-16)29(32)33/h5-14,21,23,34-35H,2-4H2,1H3. The van der Waals surface area contributed by atoms with E-state index in [-0.39, 0.29) is 34.5 Å². The molecule has 0 spiro atoms. The molecule has 10 nitrogen and oxygen atoms in total. The minimum Gasteiger partial charge on any atom is -0.266 e. The van der Waals surface area contributed by atoms with E-state index in [9.17, 15) is 25.3 Å². The van der Waals surface area contributed by atoms with Crippen LogP contribution in [-0.2, 0) is 0 Å². The van der Waals surface area contributed by atoms with Gasteiger partial charge in [0.2, 0.25) is 0 Å². The van der Waals surface area contributed by atoms with Crippen molar-refractivity contribution in [3.05, 3.63) is 91.4 Å². The summed E-state index contributed by atoms with van der Waals surface area (Å²) in [5, 5.41) is 36.1. The second-order valence-corrected chi connectivity index (χ2v) is 9.60. The van der Waals surface area contributed by atoms with Gasteiger partial charge in [-0.2, -0.15) is 5.10 Å². The van der Waals surface area contributed by atoms with Gasteiger partial charge in [0, 0.05) is 18.1 Å². The summed E-state index contributed by atoms with van der Waals surface area (Å²) in [4.78, 5) is 28.9. The van der Waals surface area contributed by atoms with Gasteiger partial charge in [-0.05, 0) is 73.2 Å². The van der Waals surface area contributed by atoms with Gasteiger partial charge in [0.25, 0.3) is 11.6 Å². The number of carbonyl (C=O) groups excluding carboxylic acids is 1. The number of anilines is 1. The zero-order chi connectivity index (χ0) is 25.4. The number of hydrazone groups is 1. The van der Waals surface area contributed by atoms with Crippen LogP contribution in [0.5, 0.6) is 0 Å². The van der Waals surface area contributed by atoms with E-state index in [2.05, 4.69) is 4.98 Å². The number of hydrogen-bond donors (Lipinski definition) is 2. The number of hydrogen-bond acceptors (Lipinski definition) is 9. The van der Waals surface area contributed by atoms with Crippen LogP contribution >= 0.6 is 11.3 Å². The Labute approximate surface area is 210 Å². The van der Waals surface area contributed by atoms with Crippen molar-refractivity contribution in [1.82, 2.24) is 9.99 Å². The molecule has 2 aliphatic rings. The number of amides is 1. The molecule has 0 radical (unpaired) electrons. The van der Waals surface area contributed by atoms with E-state index in [1.165, 1.54) is 28.5 Å². The largest absolute Gasteiger partial charge is 0.286 e. The maximum Gasteiger partial charge on any atom is 0.286 e. The van der Waals surface area contributed by atoms with Crippen molar-refractivity contribution in [2.45, 2.75) is 32.2 Å². The number of nitrogens with zero attached hydrogens (tertiary/aromatic N) is 5. The average Bonchev–Trinajstić information content (AvgIpc) is 3.48. The van der Waals surface area contributed by atoms with Crippen LogP contribution in [0.1, 0.15) is 51.8 Å². The summed E-state index contributed by atoms with van der Waals surface area (Å²) in [6, 6.07) is 12.7. The van der Waals surface area contributed by atoms with Gasteiger partial charge in [-0.15, -0.1) is 16.6 Å². The molecule has 1 aliphatic carbocycles. The zero-order valence-electron chi connectivity index (χ0n) is 19.3. The van der Waals surface area contributed by atoms with Crippen molar-refractivity contribution < 1.29 is 20.1 Å². The van der Waals surface area contributed by atoms with Crippen LogP contribution in [0, 0.1) is 23.0 Å². The molecule has 0 bridgehead atoms. The smallest absolute Gasteiger partial charge is 0.266 e. The maximum atomic E-state index is 13.6. The number of aromatic nitrogens is 1. The lowest BCUT2D eigenvalue weighted by molar-refractivity contribution is -0.384. The Kier molecular flexibility index (Phi) is 6.35. The summed E-state index contributed by atoms with van der Waals surface area (Å²) in [5.41, 5.74) is 6.00. The van der Waals surface area contributed by atoms with Crippen molar-refractivity contribution in [1.29, 1.82) is 0 Å². The Morgan fingerprint density at radius 1 is 1.19 bits per heavy atom. The fraction of sp³-hybridized carbons (Fsp3) is 0.240. The zero-order valence-corrected chi connectivity index (χ0v) is 20.1. The molecule has 0 saturated heterocycles. The lowest BCUT2D eigenvalue weighted by atomic mass is 9.77. The number of benzene rings is 2. The van der Waals surface area contributed by atoms with Gasteiger partial charge in [-0.3, -0.25) is 25.3 Å². The van der Waals surface area contributed by atoms with E-state index in [0.29, 0.717) is 10.6 Å². The molecule has 184 valence electrons. The van der Waals surface area contributed by atoms with Crippen LogP contribution in [-0.4, -0.2) is 36.9 Å². The van der Waals surface area contributed by atoms with Crippen LogP contribution in [0.15, 0.2) is 64.7 Å². The molecule has 1 fully saturated rings. The van der Waals surface area contributed by atoms with Crippen LogP contribution < -0.4 is 5.23 Å². The van der Waals surface area contributed by atoms with Crippen molar-refractivity contribution >= 4 is 40.4 Å². The summed E-state index contributed by atoms with van der Waals surface area (Å²) in [7, 11) is 0. The highest BCUT2D eigenvalue weighted by Gasteiger charge is 2.44. The van der Waals surface area contributed by atoms with Crippen LogP contribution in [0.2, 0.25) is 0 Å². The van der Waals surface area contributed by atoms with Crippen molar-refractivity contribution in [2.75, 3.05) is 5.23 Å². The number of allylic oxidation sites excluding steroid dienone is 1. The van der Waals surface area contributed by atoms with E-state index >= 15 is 0 Å². The Balaban J connectivity index is 1.55. The van der Waals surface area contributed by atoms with Gasteiger partial charge in [-0.1, -0.05) is 12.1 Å². The second-order valence-electron chi connectivity index (χ2n) is 8.74. The first kappa shape index (κ1) is 23.8. The summed E-state index contributed by atoms with van der Waals surface area (Å²) in [6.45, 7) is 1.79. The van der Waals surface area contributed by atoms with Crippen LogP contribution in [0.25, 0.3) is 6.08 Å². The van der Waals surface area contributed by atoms with Crippen LogP contribution in [0.4, 0.5) is 11.4 Å². The van der Waals surface area contributed by atoms with E-state index in [1.54, 1.807) is 48.8 Å². The van der Waals surface area contributed by atoms with Gasteiger partial charge in [0.15, 0.2) is 0 Å². The number of fused-ring (bicyclic) bond motifs is 1. The summed E-state index contributed by atoms with van der Waals surface area (Å²) in [6.07, 6.45) is 4.50. The molecule has 36 heavy (non-hydrogen) atoms. The number of non-ortho nitro benzene ring substituents is 1. The minimum atomic E-state index is -0.428. The Morgan fingerprint density at radius 3 is 2.53 bits per heavy atom. The van der Waals surface area contributed by atoms with Crippen molar-refractivity contribution in [2.24, 2.45) is 11.0 Å². The molecule has 2 heterocycles. The minimum absolute atomic E-state index is 0.0291. The van der Waals surface area contributed by atoms with E-state index in [4.69, 9.17) is 5.10 Å². The molecule has 2 unspecified atom stereocenters. The summed E-state index contributed by atoms with van der Waals surface area (Å²) < 4.78 is 0. The molecular weight excluding hydrogens is 482 g/mol. The number of carbonyl (C=O) groups is 1. The van der Waals surface area contributed by atoms with Gasteiger partial charge in [0.1, 0.15) is 4.88 Å². The highest BCUT2D eigenvalue weighted by Crippen LogP contribution is 2.45. The topological polar surface area (TPSA) is 132 Å². The molecule has 1 amide bonds. The predicted molar refractivity (Wildman–Crippen MR) is 134 cm³/mol. The van der Waals surface area contributed by atoms with Gasteiger partial charge in [0.05, 0.1) is 33.6 Å². The molecule has 1 aliphatic heterocycles. The molecule has 2 atom stereocenters. The predicted octanol–water partition coefficient (Wildman–Crippen LogP) is 5.38. The first-order chi connectivity index (χ1) is 17.3. The third-order valence-electron chi connectivity index (χ3n) is 6.56. The first-order valence-corrected chi connectivity index (χ1v) is 12.3.